The molecule has 2 rings (SSSR count). The Labute approximate surface area is 116 Å². The lowest BCUT2D eigenvalue weighted by Crippen LogP contribution is -2.07. The molecule has 0 heterocycles. The molecule has 0 saturated carbocycles. The van der Waals surface area contributed by atoms with E-state index < -0.39 is 17.4 Å². The highest BCUT2D eigenvalue weighted by Crippen LogP contribution is 2.23. The highest BCUT2D eigenvalue weighted by atomic mass is 79.9. The number of ketones is 1. The highest BCUT2D eigenvalue weighted by molar-refractivity contribution is 9.10. The minimum absolute atomic E-state index is 0.0476. The Morgan fingerprint density at radius 3 is 2.11 bits per heavy atom. The zero-order valence-electron chi connectivity index (χ0n) is 9.58. The summed E-state index contributed by atoms with van der Waals surface area (Å²) < 4.78 is 27.0. The summed E-state index contributed by atoms with van der Waals surface area (Å²) in [6.07, 6.45) is 0. The van der Waals surface area contributed by atoms with Gasteiger partial charge in [-0.05, 0) is 46.3 Å². The van der Waals surface area contributed by atoms with Crippen LogP contribution < -0.4 is 11.5 Å². The minimum atomic E-state index is -0.820. The van der Waals surface area contributed by atoms with Gasteiger partial charge in [0, 0.05) is 16.9 Å². The minimum Gasteiger partial charge on any atom is -0.399 e. The third-order valence-electron chi connectivity index (χ3n) is 2.49. The van der Waals surface area contributed by atoms with Crippen molar-refractivity contribution < 1.29 is 13.6 Å². The summed E-state index contributed by atoms with van der Waals surface area (Å²) in [7, 11) is 0. The monoisotopic (exact) mass is 326 g/mol. The Kier molecular flexibility index (Phi) is 3.53. The third-order valence-corrected chi connectivity index (χ3v) is 3.10. The van der Waals surface area contributed by atoms with Gasteiger partial charge in [-0.3, -0.25) is 4.79 Å². The van der Waals surface area contributed by atoms with E-state index in [1.54, 1.807) is 0 Å². The molecule has 0 aromatic heterocycles. The van der Waals surface area contributed by atoms with E-state index in [-0.39, 0.29) is 27.0 Å². The summed E-state index contributed by atoms with van der Waals surface area (Å²) in [5, 5.41) is 0. The molecule has 98 valence electrons. The molecule has 0 aliphatic heterocycles. The van der Waals surface area contributed by atoms with Gasteiger partial charge in [0.15, 0.2) is 5.78 Å². The van der Waals surface area contributed by atoms with Crippen LogP contribution >= 0.6 is 15.9 Å². The zero-order chi connectivity index (χ0) is 14.2. The number of nitrogens with two attached hydrogens (primary N) is 2. The molecule has 2 aromatic carbocycles. The Morgan fingerprint density at radius 2 is 1.53 bits per heavy atom. The zero-order valence-corrected chi connectivity index (χ0v) is 11.2. The van der Waals surface area contributed by atoms with Crippen LogP contribution in [0.25, 0.3) is 0 Å². The van der Waals surface area contributed by atoms with Crippen LogP contribution in [0, 0.1) is 11.6 Å². The number of benzene rings is 2. The molecule has 0 bridgehead atoms. The molecule has 2 aromatic rings. The first-order valence-electron chi connectivity index (χ1n) is 5.24. The molecule has 0 spiro atoms. The van der Waals surface area contributed by atoms with Gasteiger partial charge in [-0.1, -0.05) is 0 Å². The number of carbonyl (C=O) groups is 1. The molecular weight excluding hydrogens is 318 g/mol. The molecule has 4 N–H and O–H groups in total. The summed E-state index contributed by atoms with van der Waals surface area (Å²) in [5.41, 5.74) is 11.4. The van der Waals surface area contributed by atoms with Crippen LogP contribution in [0.3, 0.4) is 0 Å². The summed E-state index contributed by atoms with van der Waals surface area (Å²) in [6, 6.07) is 5.92. The largest absolute Gasteiger partial charge is 0.399 e. The first kappa shape index (κ1) is 13.5. The third kappa shape index (κ3) is 2.73. The molecule has 0 amide bonds. The van der Waals surface area contributed by atoms with Crippen LogP contribution in [0.15, 0.2) is 34.8 Å². The first-order chi connectivity index (χ1) is 8.88. The van der Waals surface area contributed by atoms with Gasteiger partial charge in [-0.15, -0.1) is 0 Å². The van der Waals surface area contributed by atoms with E-state index in [0.29, 0.717) is 0 Å². The fraction of sp³-hybridized carbons (Fsp3) is 0. The summed E-state index contributed by atoms with van der Waals surface area (Å²) in [4.78, 5) is 12.1. The molecular formula is C13H9BrF2N2O. The fourth-order valence-electron chi connectivity index (χ4n) is 1.66. The van der Waals surface area contributed by atoms with Gasteiger partial charge in [-0.25, -0.2) is 8.78 Å². The quantitative estimate of drug-likeness (QED) is 0.506. The van der Waals surface area contributed by atoms with Crippen molar-refractivity contribution in [3.05, 3.63) is 57.6 Å². The maximum Gasteiger partial charge on any atom is 0.196 e. The van der Waals surface area contributed by atoms with Crippen molar-refractivity contribution in [3.8, 4) is 0 Å². The van der Waals surface area contributed by atoms with Gasteiger partial charge in [0.2, 0.25) is 0 Å². The average molecular weight is 327 g/mol. The molecule has 0 aliphatic rings. The van der Waals surface area contributed by atoms with Crippen molar-refractivity contribution in [2.24, 2.45) is 0 Å². The maximum absolute atomic E-state index is 13.7. The van der Waals surface area contributed by atoms with Gasteiger partial charge < -0.3 is 11.5 Å². The molecule has 0 saturated heterocycles. The van der Waals surface area contributed by atoms with Crippen molar-refractivity contribution in [2.75, 3.05) is 11.5 Å². The molecule has 0 atom stereocenters. The molecule has 0 radical (unpaired) electrons. The lowest BCUT2D eigenvalue weighted by molar-refractivity contribution is 0.103. The molecule has 0 fully saturated rings. The SMILES string of the molecule is Nc1cc(N)cc(C(=O)c2cc(F)c(Br)cc2F)c1. The summed E-state index contributed by atoms with van der Waals surface area (Å²) in [6.45, 7) is 0. The van der Waals surface area contributed by atoms with E-state index in [2.05, 4.69) is 15.9 Å². The van der Waals surface area contributed by atoms with E-state index in [4.69, 9.17) is 11.5 Å². The molecule has 6 heteroatoms. The van der Waals surface area contributed by atoms with E-state index >= 15 is 0 Å². The molecule has 0 unspecified atom stereocenters. The van der Waals surface area contributed by atoms with Gasteiger partial charge in [0.05, 0.1) is 10.0 Å². The van der Waals surface area contributed by atoms with Gasteiger partial charge >= 0.3 is 0 Å². The summed E-state index contributed by atoms with van der Waals surface area (Å²) >= 11 is 2.84. The number of halogens is 3. The van der Waals surface area contributed by atoms with Gasteiger partial charge in [0.1, 0.15) is 11.6 Å². The predicted octanol–water partition coefficient (Wildman–Crippen LogP) is 3.12. The van der Waals surface area contributed by atoms with Crippen LogP contribution in [0.2, 0.25) is 0 Å². The second kappa shape index (κ2) is 4.97. The van der Waals surface area contributed by atoms with Gasteiger partial charge in [0.25, 0.3) is 0 Å². The van der Waals surface area contributed by atoms with Crippen LogP contribution in [-0.2, 0) is 0 Å². The van der Waals surface area contributed by atoms with Crippen molar-refractivity contribution >= 4 is 33.1 Å². The second-order valence-corrected chi connectivity index (χ2v) is 4.82. The van der Waals surface area contributed by atoms with Crippen LogP contribution in [0.1, 0.15) is 15.9 Å². The van der Waals surface area contributed by atoms with Crippen LogP contribution in [0.4, 0.5) is 20.2 Å². The topological polar surface area (TPSA) is 69.1 Å². The normalized spacial score (nSPS) is 10.5. The maximum atomic E-state index is 13.7. The fourth-order valence-corrected chi connectivity index (χ4v) is 1.98. The molecule has 19 heavy (non-hydrogen) atoms. The van der Waals surface area contributed by atoms with Crippen molar-refractivity contribution in [3.63, 3.8) is 0 Å². The van der Waals surface area contributed by atoms with Crippen molar-refractivity contribution in [1.82, 2.24) is 0 Å². The molecule has 3 nitrogen and oxygen atoms in total. The summed E-state index contributed by atoms with van der Waals surface area (Å²) in [5.74, 6) is -2.22. The van der Waals surface area contributed by atoms with E-state index in [1.165, 1.54) is 18.2 Å². The van der Waals surface area contributed by atoms with Crippen LogP contribution in [0.5, 0.6) is 0 Å². The highest BCUT2D eigenvalue weighted by Gasteiger charge is 2.17. The lowest BCUT2D eigenvalue weighted by Gasteiger charge is -2.06. The van der Waals surface area contributed by atoms with Crippen molar-refractivity contribution in [2.45, 2.75) is 0 Å². The average Bonchev–Trinajstić information content (AvgIpc) is 2.31. The van der Waals surface area contributed by atoms with Gasteiger partial charge in [-0.2, -0.15) is 0 Å². The van der Waals surface area contributed by atoms with E-state index in [9.17, 15) is 13.6 Å². The predicted molar refractivity (Wildman–Crippen MR) is 72.8 cm³/mol. The molecule has 0 aliphatic carbocycles. The van der Waals surface area contributed by atoms with Crippen LogP contribution in [-0.4, -0.2) is 5.78 Å². The second-order valence-electron chi connectivity index (χ2n) is 3.96. The standard InChI is InChI=1S/C13H9BrF2N2O/c14-10-5-11(15)9(4-12(10)16)13(19)6-1-7(17)3-8(18)2-6/h1-5H,17-18H2. The number of hydrogen-bond donors (Lipinski definition) is 2. The Morgan fingerprint density at radius 1 is 0.947 bits per heavy atom. The van der Waals surface area contributed by atoms with E-state index in [0.717, 1.165) is 12.1 Å². The number of hydrogen-bond acceptors (Lipinski definition) is 3. The Hall–Kier alpha value is -1.95. The number of anilines is 2. The van der Waals surface area contributed by atoms with Crippen molar-refractivity contribution in [1.29, 1.82) is 0 Å². The first-order valence-corrected chi connectivity index (χ1v) is 6.03. The Bertz CT molecular complexity index is 654. The number of carbonyl (C=O) groups excluding carboxylic acids is 1. The lowest BCUT2D eigenvalue weighted by atomic mass is 10.0. The number of nitrogen functional groups attached to an aromatic ring is 2. The Balaban J connectivity index is 2.53. The number of rotatable bonds is 2. The smallest absolute Gasteiger partial charge is 0.196 e. The van der Waals surface area contributed by atoms with E-state index in [1.807, 2.05) is 0 Å².